The van der Waals surface area contributed by atoms with Crippen molar-refractivity contribution in [3.05, 3.63) is 39.3 Å². The number of nitriles is 1. The smallest absolute Gasteiger partial charge is 0.226 e. The summed E-state index contributed by atoms with van der Waals surface area (Å²) in [5.41, 5.74) is 3.93. The fraction of sp³-hybridized carbons (Fsp3) is 0.368. The Hall–Kier alpha value is -2.50. The number of aromatic nitrogens is 3. The molecule has 0 unspecified atom stereocenters. The lowest BCUT2D eigenvalue weighted by atomic mass is 10.1. The van der Waals surface area contributed by atoms with Crippen molar-refractivity contribution in [1.29, 1.82) is 5.26 Å². The fourth-order valence-electron chi connectivity index (χ4n) is 2.91. The van der Waals surface area contributed by atoms with Gasteiger partial charge in [-0.1, -0.05) is 0 Å². The first kappa shape index (κ1) is 19.3. The van der Waals surface area contributed by atoms with Crippen LogP contribution in [0.5, 0.6) is 0 Å². The Kier molecular flexibility index (Phi) is 6.04. The predicted octanol–water partition coefficient (Wildman–Crippen LogP) is 4.48. The van der Waals surface area contributed by atoms with Crippen molar-refractivity contribution in [1.82, 2.24) is 14.8 Å². The monoisotopic (exact) mass is 399 g/mol. The van der Waals surface area contributed by atoms with Crippen LogP contribution in [-0.4, -0.2) is 20.7 Å². The van der Waals surface area contributed by atoms with Crippen molar-refractivity contribution < 1.29 is 4.79 Å². The zero-order valence-electron chi connectivity index (χ0n) is 15.6. The van der Waals surface area contributed by atoms with Crippen LogP contribution in [0.4, 0.5) is 5.13 Å². The number of nitrogens with one attached hydrogen (secondary N) is 1. The van der Waals surface area contributed by atoms with Gasteiger partial charge in [-0.2, -0.15) is 10.4 Å². The number of aryl methyl sites for hydroxylation is 3. The van der Waals surface area contributed by atoms with E-state index in [-0.39, 0.29) is 5.91 Å². The summed E-state index contributed by atoms with van der Waals surface area (Å²) < 4.78 is 1.85. The van der Waals surface area contributed by atoms with Gasteiger partial charge in [0.05, 0.1) is 35.3 Å². The van der Waals surface area contributed by atoms with E-state index >= 15 is 0 Å². The summed E-state index contributed by atoms with van der Waals surface area (Å²) in [7, 11) is 0. The number of hydrogen-bond donors (Lipinski definition) is 1. The highest BCUT2D eigenvalue weighted by molar-refractivity contribution is 7.17. The van der Waals surface area contributed by atoms with Crippen LogP contribution in [0.3, 0.4) is 0 Å². The van der Waals surface area contributed by atoms with Gasteiger partial charge in [0.1, 0.15) is 0 Å². The summed E-state index contributed by atoms with van der Waals surface area (Å²) >= 11 is 3.13. The third-order valence-corrected chi connectivity index (χ3v) is 6.09. The topological polar surface area (TPSA) is 83.6 Å². The number of thiazole rings is 1. The van der Waals surface area contributed by atoms with E-state index < -0.39 is 0 Å². The van der Waals surface area contributed by atoms with Gasteiger partial charge in [-0.05, 0) is 44.9 Å². The molecule has 1 N–H and O–H groups in total. The Morgan fingerprint density at radius 1 is 1.33 bits per heavy atom. The molecule has 0 aliphatic heterocycles. The standard InChI is InChI=1S/C19H21N5OS2/c1-12-5-7-17(27-12)16-11-26-19(21-16)22-18(25)8-6-15-13(2)23-24(14(15)3)10-4-9-20/h5,7,11H,4,6,8,10H2,1-3H3,(H,21,22,25). The molecule has 0 aliphatic rings. The molecule has 8 heteroatoms. The molecule has 6 nitrogen and oxygen atoms in total. The minimum Gasteiger partial charge on any atom is -0.302 e. The summed E-state index contributed by atoms with van der Waals surface area (Å²) in [4.78, 5) is 19.2. The number of carbonyl (C=O) groups is 1. The van der Waals surface area contributed by atoms with E-state index in [0.29, 0.717) is 30.9 Å². The second-order valence-electron chi connectivity index (χ2n) is 6.28. The predicted molar refractivity (Wildman–Crippen MR) is 109 cm³/mol. The van der Waals surface area contributed by atoms with Gasteiger partial charge in [0.2, 0.25) is 5.91 Å². The van der Waals surface area contributed by atoms with Gasteiger partial charge in [-0.25, -0.2) is 4.98 Å². The number of rotatable bonds is 7. The first-order valence-electron chi connectivity index (χ1n) is 8.70. The van der Waals surface area contributed by atoms with Crippen LogP contribution in [0.25, 0.3) is 10.6 Å². The number of carbonyl (C=O) groups excluding carboxylic acids is 1. The van der Waals surface area contributed by atoms with Crippen LogP contribution in [0.15, 0.2) is 17.5 Å². The molecule has 1 amide bonds. The van der Waals surface area contributed by atoms with E-state index in [1.54, 1.807) is 11.3 Å². The quantitative estimate of drug-likeness (QED) is 0.635. The lowest BCUT2D eigenvalue weighted by Gasteiger charge is -2.04. The van der Waals surface area contributed by atoms with Crippen LogP contribution < -0.4 is 5.32 Å². The third kappa shape index (κ3) is 4.62. The van der Waals surface area contributed by atoms with E-state index in [2.05, 4.69) is 40.5 Å². The molecule has 3 rings (SSSR count). The van der Waals surface area contributed by atoms with E-state index in [4.69, 9.17) is 5.26 Å². The maximum atomic E-state index is 12.3. The highest BCUT2D eigenvalue weighted by Crippen LogP contribution is 2.30. The minimum atomic E-state index is -0.0539. The van der Waals surface area contributed by atoms with Crippen molar-refractivity contribution in [2.45, 2.75) is 46.6 Å². The van der Waals surface area contributed by atoms with Gasteiger partial charge < -0.3 is 5.32 Å². The van der Waals surface area contributed by atoms with Gasteiger partial charge in [0.15, 0.2) is 5.13 Å². The Morgan fingerprint density at radius 3 is 2.85 bits per heavy atom. The van der Waals surface area contributed by atoms with Crippen LogP contribution in [0.1, 0.15) is 34.7 Å². The van der Waals surface area contributed by atoms with E-state index in [1.165, 1.54) is 16.2 Å². The molecule has 3 aromatic heterocycles. The molecular formula is C19H21N5OS2. The van der Waals surface area contributed by atoms with Gasteiger partial charge in [-0.3, -0.25) is 9.48 Å². The lowest BCUT2D eigenvalue weighted by Crippen LogP contribution is -2.12. The molecule has 140 valence electrons. The normalized spacial score (nSPS) is 10.7. The third-order valence-electron chi connectivity index (χ3n) is 4.31. The lowest BCUT2D eigenvalue weighted by molar-refractivity contribution is -0.116. The van der Waals surface area contributed by atoms with Gasteiger partial charge in [-0.15, -0.1) is 22.7 Å². The Balaban J connectivity index is 1.58. The minimum absolute atomic E-state index is 0.0539. The number of nitrogens with zero attached hydrogens (tertiary/aromatic N) is 4. The molecule has 0 aliphatic carbocycles. The SMILES string of the molecule is Cc1ccc(-c2csc(NC(=O)CCc3c(C)nn(CCC#N)c3C)n2)s1. The summed E-state index contributed by atoms with van der Waals surface area (Å²) in [6.45, 7) is 6.58. The molecule has 27 heavy (non-hydrogen) atoms. The maximum Gasteiger partial charge on any atom is 0.226 e. The first-order chi connectivity index (χ1) is 13.0. The summed E-state index contributed by atoms with van der Waals surface area (Å²) in [5.74, 6) is -0.0539. The first-order valence-corrected chi connectivity index (χ1v) is 10.4. The van der Waals surface area contributed by atoms with Crippen LogP contribution in [0.2, 0.25) is 0 Å². The molecule has 0 saturated heterocycles. The second kappa shape index (κ2) is 8.46. The number of amides is 1. The average Bonchev–Trinajstić information content (AvgIpc) is 3.32. The molecule has 3 aromatic rings. The van der Waals surface area contributed by atoms with Gasteiger partial charge in [0.25, 0.3) is 0 Å². The van der Waals surface area contributed by atoms with Crippen molar-refractivity contribution in [2.24, 2.45) is 0 Å². The molecule has 0 spiro atoms. The average molecular weight is 400 g/mol. The second-order valence-corrected chi connectivity index (χ2v) is 8.42. The Morgan fingerprint density at radius 2 is 2.15 bits per heavy atom. The van der Waals surface area contributed by atoms with Crippen molar-refractivity contribution in [2.75, 3.05) is 5.32 Å². The zero-order chi connectivity index (χ0) is 19.4. The molecule has 0 fully saturated rings. The molecule has 0 aromatic carbocycles. The van der Waals surface area contributed by atoms with Gasteiger partial charge in [0, 0.05) is 22.4 Å². The highest BCUT2D eigenvalue weighted by atomic mass is 32.1. The van der Waals surface area contributed by atoms with Crippen molar-refractivity contribution >= 4 is 33.7 Å². The summed E-state index contributed by atoms with van der Waals surface area (Å²) in [6, 6.07) is 6.25. The van der Waals surface area contributed by atoms with E-state index in [0.717, 1.165) is 27.5 Å². The van der Waals surface area contributed by atoms with Crippen LogP contribution >= 0.6 is 22.7 Å². The van der Waals surface area contributed by atoms with Crippen LogP contribution in [-0.2, 0) is 17.8 Å². The number of thiophene rings is 1. The molecule has 3 heterocycles. The Bertz CT molecular complexity index is 992. The van der Waals surface area contributed by atoms with Crippen LogP contribution in [0, 0.1) is 32.1 Å². The number of hydrogen-bond acceptors (Lipinski definition) is 6. The molecule has 0 radical (unpaired) electrons. The fourth-order valence-corrected chi connectivity index (χ4v) is 4.54. The van der Waals surface area contributed by atoms with Crippen molar-refractivity contribution in [3.8, 4) is 16.6 Å². The summed E-state index contributed by atoms with van der Waals surface area (Å²) in [6.07, 6.45) is 1.43. The van der Waals surface area contributed by atoms with Gasteiger partial charge >= 0.3 is 0 Å². The highest BCUT2D eigenvalue weighted by Gasteiger charge is 2.14. The molecule has 0 saturated carbocycles. The Labute approximate surface area is 166 Å². The zero-order valence-corrected chi connectivity index (χ0v) is 17.2. The largest absolute Gasteiger partial charge is 0.302 e. The molecule has 0 bridgehead atoms. The number of anilines is 1. The van der Waals surface area contributed by atoms with E-state index in [1.807, 2.05) is 23.9 Å². The van der Waals surface area contributed by atoms with Crippen molar-refractivity contribution in [3.63, 3.8) is 0 Å². The molecule has 0 atom stereocenters. The molecular weight excluding hydrogens is 378 g/mol. The summed E-state index contributed by atoms with van der Waals surface area (Å²) in [5, 5.41) is 18.7. The van der Waals surface area contributed by atoms with E-state index in [9.17, 15) is 4.79 Å². The maximum absolute atomic E-state index is 12.3.